The third-order valence-electron chi connectivity index (χ3n) is 5.32. The fraction of sp³-hybridized carbons (Fsp3) is 0.154. The Labute approximate surface area is 199 Å². The second kappa shape index (κ2) is 9.92. The molecule has 0 unspecified atom stereocenters. The van der Waals surface area contributed by atoms with E-state index in [4.69, 9.17) is 8.83 Å². The number of halogens is 3. The van der Waals surface area contributed by atoms with Gasteiger partial charge < -0.3 is 19.1 Å². The zero-order valence-corrected chi connectivity index (χ0v) is 18.6. The Balaban J connectivity index is 1.58. The molecule has 0 aliphatic heterocycles. The van der Waals surface area contributed by atoms with Crippen molar-refractivity contribution < 1.29 is 31.6 Å². The largest absolute Gasteiger partial charge is 0.467 e. The molecule has 4 aromatic rings. The van der Waals surface area contributed by atoms with Crippen LogP contribution in [0.15, 0.2) is 87.9 Å². The number of alkyl halides is 3. The predicted molar refractivity (Wildman–Crippen MR) is 121 cm³/mol. The van der Waals surface area contributed by atoms with E-state index in [0.29, 0.717) is 11.3 Å². The van der Waals surface area contributed by atoms with Crippen LogP contribution in [0.1, 0.15) is 37.8 Å². The van der Waals surface area contributed by atoms with Crippen LogP contribution in [0.5, 0.6) is 0 Å². The van der Waals surface area contributed by atoms with Gasteiger partial charge in [0, 0.05) is 24.7 Å². The minimum absolute atomic E-state index is 0.0223. The third kappa shape index (κ3) is 5.63. The van der Waals surface area contributed by atoms with Crippen molar-refractivity contribution in [1.82, 2.24) is 10.2 Å². The first-order valence-corrected chi connectivity index (χ1v) is 10.6. The highest BCUT2D eigenvalue weighted by atomic mass is 19.4. The molecule has 0 saturated carbocycles. The molecule has 9 heteroatoms. The van der Waals surface area contributed by atoms with E-state index >= 15 is 0 Å². The summed E-state index contributed by atoms with van der Waals surface area (Å²) < 4.78 is 50.3. The lowest BCUT2D eigenvalue weighted by atomic mass is 10.1. The monoisotopic (exact) mass is 482 g/mol. The molecule has 35 heavy (non-hydrogen) atoms. The number of hydrogen-bond acceptors (Lipinski definition) is 4. The van der Waals surface area contributed by atoms with E-state index in [9.17, 15) is 22.8 Å². The van der Waals surface area contributed by atoms with E-state index in [1.807, 2.05) is 0 Å². The minimum Gasteiger partial charge on any atom is -0.467 e. The van der Waals surface area contributed by atoms with Crippen LogP contribution >= 0.6 is 0 Å². The predicted octanol–water partition coefficient (Wildman–Crippen LogP) is 5.76. The number of hydrogen-bond donors (Lipinski definition) is 1. The summed E-state index contributed by atoms with van der Waals surface area (Å²) in [5.74, 6) is -0.0175. The SMILES string of the molecule is CNC(=O)c1ccc(CN(Cc2ccco2)C(=O)c2ccc(-c3cccc(C(F)(F)F)c3)o2)cc1. The molecule has 1 N–H and O–H groups in total. The molecule has 0 fully saturated rings. The van der Waals surface area contributed by atoms with Gasteiger partial charge in [-0.15, -0.1) is 0 Å². The number of rotatable bonds is 7. The molecule has 6 nitrogen and oxygen atoms in total. The standard InChI is InChI=1S/C26H21F3N2O4/c1-30-24(32)18-9-7-17(8-10-18)15-31(16-21-6-3-13-34-21)25(33)23-12-11-22(35-23)19-4-2-5-20(14-19)26(27,28)29/h2-14H,15-16H2,1H3,(H,30,32). The lowest BCUT2D eigenvalue weighted by Gasteiger charge is -2.21. The Kier molecular flexibility index (Phi) is 6.77. The second-order valence-corrected chi connectivity index (χ2v) is 7.76. The van der Waals surface area contributed by atoms with Gasteiger partial charge in [0.2, 0.25) is 0 Å². The van der Waals surface area contributed by atoms with Gasteiger partial charge in [-0.2, -0.15) is 13.2 Å². The Morgan fingerprint density at radius 3 is 2.37 bits per heavy atom. The van der Waals surface area contributed by atoms with Crippen molar-refractivity contribution in [3.8, 4) is 11.3 Å². The van der Waals surface area contributed by atoms with Crippen molar-refractivity contribution in [2.45, 2.75) is 19.3 Å². The van der Waals surface area contributed by atoms with Gasteiger partial charge in [0.25, 0.3) is 11.8 Å². The zero-order chi connectivity index (χ0) is 25.0. The minimum atomic E-state index is -4.49. The molecule has 0 aliphatic rings. The van der Waals surface area contributed by atoms with Gasteiger partial charge in [0.1, 0.15) is 11.5 Å². The van der Waals surface area contributed by atoms with E-state index in [0.717, 1.165) is 17.7 Å². The lowest BCUT2D eigenvalue weighted by molar-refractivity contribution is -0.137. The summed E-state index contributed by atoms with van der Waals surface area (Å²) in [5.41, 5.74) is 0.652. The van der Waals surface area contributed by atoms with Crippen LogP contribution in [0.3, 0.4) is 0 Å². The third-order valence-corrected chi connectivity index (χ3v) is 5.32. The van der Waals surface area contributed by atoms with Crippen molar-refractivity contribution in [3.63, 3.8) is 0 Å². The van der Waals surface area contributed by atoms with Crippen molar-refractivity contribution in [2.75, 3.05) is 7.05 Å². The molecule has 0 radical (unpaired) electrons. The molecule has 180 valence electrons. The molecule has 2 heterocycles. The lowest BCUT2D eigenvalue weighted by Crippen LogP contribution is -2.29. The first kappa shape index (κ1) is 23.9. The summed E-state index contributed by atoms with van der Waals surface area (Å²) in [6.07, 6.45) is -3.00. The molecule has 2 aromatic carbocycles. The highest BCUT2D eigenvalue weighted by Gasteiger charge is 2.31. The van der Waals surface area contributed by atoms with Crippen molar-refractivity contribution in [1.29, 1.82) is 0 Å². The van der Waals surface area contributed by atoms with Crippen LogP contribution in [0.2, 0.25) is 0 Å². The molecular formula is C26H21F3N2O4. The second-order valence-electron chi connectivity index (χ2n) is 7.76. The van der Waals surface area contributed by atoms with Gasteiger partial charge in [-0.3, -0.25) is 9.59 Å². The van der Waals surface area contributed by atoms with Crippen LogP contribution in [0.25, 0.3) is 11.3 Å². The Morgan fingerprint density at radius 1 is 0.943 bits per heavy atom. The Bertz CT molecular complexity index is 1310. The summed E-state index contributed by atoms with van der Waals surface area (Å²) in [6, 6.07) is 17.8. The highest BCUT2D eigenvalue weighted by molar-refractivity contribution is 5.94. The van der Waals surface area contributed by atoms with Crippen LogP contribution < -0.4 is 5.32 Å². The number of carbonyl (C=O) groups is 2. The van der Waals surface area contributed by atoms with Crippen LogP contribution in [0, 0.1) is 0 Å². The van der Waals surface area contributed by atoms with Crippen LogP contribution in [-0.2, 0) is 19.3 Å². The van der Waals surface area contributed by atoms with E-state index < -0.39 is 17.6 Å². The summed E-state index contributed by atoms with van der Waals surface area (Å²) in [5, 5.41) is 2.55. The van der Waals surface area contributed by atoms with E-state index in [-0.39, 0.29) is 36.1 Å². The van der Waals surface area contributed by atoms with Crippen molar-refractivity contribution in [3.05, 3.63) is 107 Å². The number of carbonyl (C=O) groups excluding carboxylic acids is 2. The fourth-order valence-corrected chi connectivity index (χ4v) is 3.53. The number of amides is 2. The topological polar surface area (TPSA) is 75.7 Å². The Morgan fingerprint density at radius 2 is 1.71 bits per heavy atom. The molecule has 0 saturated heterocycles. The first-order valence-electron chi connectivity index (χ1n) is 10.6. The fourth-order valence-electron chi connectivity index (χ4n) is 3.53. The van der Waals surface area contributed by atoms with Crippen LogP contribution in [-0.4, -0.2) is 23.8 Å². The number of nitrogens with one attached hydrogen (secondary N) is 1. The average Bonchev–Trinajstić information content (AvgIpc) is 3.55. The highest BCUT2D eigenvalue weighted by Crippen LogP contribution is 2.33. The average molecular weight is 482 g/mol. The molecular weight excluding hydrogens is 461 g/mol. The van der Waals surface area contributed by atoms with Crippen molar-refractivity contribution >= 4 is 11.8 Å². The molecule has 0 bridgehead atoms. The van der Waals surface area contributed by atoms with Gasteiger partial charge in [-0.1, -0.05) is 24.3 Å². The zero-order valence-electron chi connectivity index (χ0n) is 18.6. The van der Waals surface area contributed by atoms with Gasteiger partial charge in [-0.25, -0.2) is 0 Å². The quantitative estimate of drug-likeness (QED) is 0.363. The smallest absolute Gasteiger partial charge is 0.416 e. The number of furan rings is 2. The first-order chi connectivity index (χ1) is 16.7. The Hall–Kier alpha value is -4.27. The van der Waals surface area contributed by atoms with Crippen LogP contribution in [0.4, 0.5) is 13.2 Å². The molecule has 2 aromatic heterocycles. The van der Waals surface area contributed by atoms with E-state index in [1.165, 1.54) is 42.5 Å². The summed E-state index contributed by atoms with van der Waals surface area (Å²) >= 11 is 0. The maximum atomic E-state index is 13.3. The normalized spacial score (nSPS) is 11.3. The van der Waals surface area contributed by atoms with E-state index in [2.05, 4.69) is 5.32 Å². The van der Waals surface area contributed by atoms with Crippen molar-refractivity contribution in [2.24, 2.45) is 0 Å². The van der Waals surface area contributed by atoms with Gasteiger partial charge in [0.05, 0.1) is 18.4 Å². The molecule has 0 atom stereocenters. The van der Waals surface area contributed by atoms with E-state index in [1.54, 1.807) is 36.4 Å². The maximum absolute atomic E-state index is 13.3. The van der Waals surface area contributed by atoms with Gasteiger partial charge >= 0.3 is 6.18 Å². The maximum Gasteiger partial charge on any atom is 0.416 e. The summed E-state index contributed by atoms with van der Waals surface area (Å²) in [6.45, 7) is 0.329. The van der Waals surface area contributed by atoms with Gasteiger partial charge in [0.15, 0.2) is 5.76 Å². The van der Waals surface area contributed by atoms with Gasteiger partial charge in [-0.05, 0) is 54.1 Å². The number of nitrogens with zero attached hydrogens (tertiary/aromatic N) is 1. The molecule has 2 amide bonds. The number of benzene rings is 2. The summed E-state index contributed by atoms with van der Waals surface area (Å²) in [7, 11) is 1.54. The summed E-state index contributed by atoms with van der Waals surface area (Å²) in [4.78, 5) is 26.6. The molecule has 4 rings (SSSR count). The molecule has 0 spiro atoms. The molecule has 0 aliphatic carbocycles.